The zero-order valence-electron chi connectivity index (χ0n) is 31.7. The minimum absolute atomic E-state index is 0.0951. The third-order valence-electron chi connectivity index (χ3n) is 12.4. The maximum atomic E-state index is 14.8. The topological polar surface area (TPSA) is 149 Å². The average Bonchev–Trinajstić information content (AvgIpc) is 4.01. The van der Waals surface area contributed by atoms with Crippen LogP contribution in [0.25, 0.3) is 10.9 Å². The first kappa shape index (κ1) is 38.8. The number of pyridine rings is 1. The molecule has 1 aromatic carbocycles. The van der Waals surface area contributed by atoms with Crippen molar-refractivity contribution in [2.75, 3.05) is 13.2 Å². The van der Waals surface area contributed by atoms with E-state index in [9.17, 15) is 27.6 Å². The number of ketones is 1. The summed E-state index contributed by atoms with van der Waals surface area (Å²) < 4.78 is 40.2. The molecule has 1 spiro atoms. The third kappa shape index (κ3) is 7.53. The number of carbonyl (C=O) groups excluding carboxylic acids is 4. The second-order valence-electron chi connectivity index (χ2n) is 17.2. The number of nitrogens with zero attached hydrogens (tertiary/aromatic N) is 2. The van der Waals surface area contributed by atoms with Crippen molar-refractivity contribution in [1.29, 1.82) is 0 Å². The zero-order valence-corrected chi connectivity index (χ0v) is 33.3. The SMILES string of the molecule is Cc1nc2cc(Cl)ccc2c2c1O[C@]1(CC2)C[C@H]2C(=O)C[C@]3(C(=O)NS(=O)(=O)C4(C)CC4)C[C@H]3/C=C\CCCCC[C@H](CC(=O)OCC(C)C)C(=O)N2C1. The van der Waals surface area contributed by atoms with Crippen molar-refractivity contribution in [1.82, 2.24) is 14.6 Å². The number of amides is 2. The van der Waals surface area contributed by atoms with E-state index in [2.05, 4.69) is 4.72 Å². The van der Waals surface area contributed by atoms with Gasteiger partial charge in [0.15, 0.2) is 5.78 Å². The van der Waals surface area contributed by atoms with Gasteiger partial charge in [-0.25, -0.2) is 13.4 Å². The molecule has 0 radical (unpaired) electrons. The fourth-order valence-corrected chi connectivity index (χ4v) is 10.2. The average molecular weight is 782 g/mol. The van der Waals surface area contributed by atoms with Crippen molar-refractivity contribution in [2.24, 2.45) is 23.2 Å². The Bertz CT molecular complexity index is 2010. The van der Waals surface area contributed by atoms with Crippen molar-refractivity contribution in [3.05, 3.63) is 46.6 Å². The standard InChI is InChI=1S/C41H52ClN3O8S/c1-25(2)23-52-35(47)18-27-10-8-6-5-7-9-11-28-20-41(28,38(49)44-54(50,51)39(4)16-17-39)22-34(46)33-21-40(24-45(33)37(27)48)15-14-31-30-13-12-29(42)19-32(30)43-26(3)36(31)53-40/h9,11-13,19,25,27-28,33H,5-8,10,14-18,20-24H2,1-4H3,(H,44,49)/b11-9-/t27-,28-,33+,40-,41-/m1/s1. The van der Waals surface area contributed by atoms with Gasteiger partial charge < -0.3 is 14.4 Å². The van der Waals surface area contributed by atoms with Crippen molar-refractivity contribution in [2.45, 2.75) is 128 Å². The number of allylic oxidation sites excluding steroid dienone is 2. The lowest BCUT2D eigenvalue weighted by Crippen LogP contribution is -2.48. The summed E-state index contributed by atoms with van der Waals surface area (Å²) in [5.41, 5.74) is 0.301. The van der Waals surface area contributed by atoms with Crippen LogP contribution in [-0.2, 0) is 40.4 Å². The minimum atomic E-state index is -3.93. The van der Waals surface area contributed by atoms with Crippen LogP contribution in [0.3, 0.4) is 0 Å². The Labute approximate surface area is 323 Å². The maximum absolute atomic E-state index is 14.8. The lowest BCUT2D eigenvalue weighted by atomic mass is 9.85. The number of rotatable bonds is 7. The van der Waals surface area contributed by atoms with Crippen molar-refractivity contribution in [3.63, 3.8) is 0 Å². The van der Waals surface area contributed by atoms with Gasteiger partial charge in [-0.05, 0) is 89.2 Å². The van der Waals surface area contributed by atoms with Crippen molar-refractivity contribution in [3.8, 4) is 5.75 Å². The number of esters is 1. The quantitative estimate of drug-likeness (QED) is 0.244. The Morgan fingerprint density at radius 1 is 1.13 bits per heavy atom. The predicted molar refractivity (Wildman–Crippen MR) is 204 cm³/mol. The Hall–Kier alpha value is -3.51. The van der Waals surface area contributed by atoms with Gasteiger partial charge in [0.25, 0.3) is 0 Å². The van der Waals surface area contributed by atoms with Gasteiger partial charge in [0.2, 0.25) is 21.8 Å². The molecule has 1 saturated heterocycles. The van der Waals surface area contributed by atoms with Crippen molar-refractivity contribution >= 4 is 56.1 Å². The van der Waals surface area contributed by atoms with E-state index in [1.54, 1.807) is 11.8 Å². The molecular formula is C41H52ClN3O8S. The Morgan fingerprint density at radius 3 is 2.65 bits per heavy atom. The second kappa shape index (κ2) is 14.5. The van der Waals surface area contributed by atoms with Crippen LogP contribution in [-0.4, -0.2) is 71.4 Å². The van der Waals surface area contributed by atoms with E-state index in [-0.39, 0.29) is 55.9 Å². The number of carbonyl (C=O) groups is 4. The van der Waals surface area contributed by atoms with Gasteiger partial charge in [-0.3, -0.25) is 23.9 Å². The van der Waals surface area contributed by atoms with Gasteiger partial charge in [-0.2, -0.15) is 0 Å². The molecule has 3 aliphatic heterocycles. The fourth-order valence-electron chi connectivity index (χ4n) is 8.66. The highest BCUT2D eigenvalue weighted by Crippen LogP contribution is 2.58. The highest BCUT2D eigenvalue weighted by atomic mass is 35.5. The monoisotopic (exact) mass is 781 g/mol. The van der Waals surface area contributed by atoms with Crippen molar-refractivity contribution < 1.29 is 37.1 Å². The van der Waals surface area contributed by atoms with Crippen LogP contribution in [0.15, 0.2) is 30.4 Å². The highest BCUT2D eigenvalue weighted by molar-refractivity contribution is 7.91. The van der Waals surface area contributed by atoms with Crippen LogP contribution in [0.5, 0.6) is 5.75 Å². The minimum Gasteiger partial charge on any atom is -0.483 e. The van der Waals surface area contributed by atoms with E-state index in [0.717, 1.165) is 42.1 Å². The number of halogens is 1. The molecule has 2 aliphatic carbocycles. The molecule has 13 heteroatoms. The molecule has 292 valence electrons. The maximum Gasteiger partial charge on any atom is 0.306 e. The van der Waals surface area contributed by atoms with E-state index in [1.165, 1.54) is 0 Å². The summed E-state index contributed by atoms with van der Waals surface area (Å²) in [5.74, 6) is -1.93. The van der Waals surface area contributed by atoms with Gasteiger partial charge in [-0.1, -0.05) is 56.5 Å². The van der Waals surface area contributed by atoms with Gasteiger partial charge in [0, 0.05) is 34.7 Å². The number of aryl methyl sites for hydroxylation is 2. The third-order valence-corrected chi connectivity index (χ3v) is 14.8. The predicted octanol–water partition coefficient (Wildman–Crippen LogP) is 6.55. The summed E-state index contributed by atoms with van der Waals surface area (Å²) in [4.78, 5) is 62.9. The summed E-state index contributed by atoms with van der Waals surface area (Å²) in [7, 11) is -3.93. The van der Waals surface area contributed by atoms with Crippen LogP contribution in [0.1, 0.15) is 109 Å². The molecule has 0 unspecified atom stereocenters. The zero-order chi connectivity index (χ0) is 38.6. The number of sulfonamides is 1. The first-order chi connectivity index (χ1) is 25.6. The van der Waals surface area contributed by atoms with Crippen LogP contribution in [0.4, 0.5) is 0 Å². The van der Waals surface area contributed by atoms with Crippen LogP contribution >= 0.6 is 11.6 Å². The Morgan fingerprint density at radius 2 is 1.91 bits per heavy atom. The van der Waals surface area contributed by atoms with Crippen LogP contribution in [0, 0.1) is 30.1 Å². The molecule has 2 saturated carbocycles. The molecule has 3 fully saturated rings. The van der Waals surface area contributed by atoms with Gasteiger partial charge in [-0.15, -0.1) is 0 Å². The molecule has 1 N–H and O–H groups in total. The lowest BCUT2D eigenvalue weighted by Gasteiger charge is -2.36. The number of hydrogen-bond acceptors (Lipinski definition) is 9. The van der Waals surface area contributed by atoms with Crippen LogP contribution in [0.2, 0.25) is 5.02 Å². The number of aromatic nitrogens is 1. The molecule has 4 heterocycles. The number of fused-ring (bicyclic) bond motifs is 5. The molecule has 2 aromatic rings. The van der Waals surface area contributed by atoms with Gasteiger partial charge >= 0.3 is 5.97 Å². The second-order valence-corrected chi connectivity index (χ2v) is 19.8. The first-order valence-electron chi connectivity index (χ1n) is 19.6. The van der Waals surface area contributed by atoms with E-state index in [1.807, 2.05) is 51.1 Å². The smallest absolute Gasteiger partial charge is 0.306 e. The summed E-state index contributed by atoms with van der Waals surface area (Å²) in [6, 6.07) is 4.66. The van der Waals surface area contributed by atoms with Gasteiger partial charge in [0.05, 0.1) is 47.0 Å². The molecule has 0 bridgehead atoms. The molecule has 5 atom stereocenters. The fraction of sp³-hybridized carbons (Fsp3) is 0.634. The molecule has 5 aliphatic rings. The lowest BCUT2D eigenvalue weighted by molar-refractivity contribution is -0.151. The Balaban J connectivity index is 1.22. The van der Waals surface area contributed by atoms with E-state index >= 15 is 0 Å². The number of hydrogen-bond donors (Lipinski definition) is 1. The van der Waals surface area contributed by atoms with E-state index < -0.39 is 49.6 Å². The molecule has 11 nitrogen and oxygen atoms in total. The number of benzene rings is 1. The molecular weight excluding hydrogens is 730 g/mol. The summed E-state index contributed by atoms with van der Waals surface area (Å²) in [6.45, 7) is 7.79. The summed E-state index contributed by atoms with van der Waals surface area (Å²) >= 11 is 6.29. The molecule has 2 amide bonds. The molecule has 7 rings (SSSR count). The van der Waals surface area contributed by atoms with E-state index in [0.29, 0.717) is 55.0 Å². The van der Waals surface area contributed by atoms with Gasteiger partial charge in [0.1, 0.15) is 11.4 Å². The molecule has 54 heavy (non-hydrogen) atoms. The Kier molecular flexibility index (Phi) is 10.4. The summed E-state index contributed by atoms with van der Waals surface area (Å²) in [5, 5.41) is 1.52. The largest absolute Gasteiger partial charge is 0.483 e. The number of ether oxygens (including phenoxy) is 2. The normalized spacial score (nSPS) is 30.0. The first-order valence-corrected chi connectivity index (χ1v) is 21.4. The highest BCUT2D eigenvalue weighted by Gasteiger charge is 2.63. The van der Waals surface area contributed by atoms with E-state index in [4.69, 9.17) is 26.1 Å². The van der Waals surface area contributed by atoms with Crippen LogP contribution < -0.4 is 9.46 Å². The number of Topliss-reactive ketones (excluding diaryl/α,β-unsaturated/α-hetero) is 1. The summed E-state index contributed by atoms with van der Waals surface area (Å²) in [6.07, 6.45) is 9.94. The number of nitrogens with one attached hydrogen (secondary N) is 1. The molecule has 1 aromatic heterocycles.